The van der Waals surface area contributed by atoms with E-state index in [9.17, 15) is 13.2 Å². The van der Waals surface area contributed by atoms with Gasteiger partial charge < -0.3 is 5.32 Å². The highest BCUT2D eigenvalue weighted by molar-refractivity contribution is 7.92. The van der Waals surface area contributed by atoms with Crippen molar-refractivity contribution in [2.24, 2.45) is 0 Å². The van der Waals surface area contributed by atoms with E-state index in [1.54, 1.807) is 30.3 Å². The zero-order chi connectivity index (χ0) is 20.3. The van der Waals surface area contributed by atoms with Crippen LogP contribution >= 0.6 is 0 Å². The van der Waals surface area contributed by atoms with Crippen LogP contribution in [0.2, 0.25) is 0 Å². The van der Waals surface area contributed by atoms with Crippen LogP contribution in [-0.2, 0) is 16.6 Å². The molecular formula is C20H22N4O3S. The maximum atomic E-state index is 12.4. The molecule has 8 heteroatoms. The average Bonchev–Trinajstić information content (AvgIpc) is 2.97. The summed E-state index contributed by atoms with van der Waals surface area (Å²) in [6.07, 6.45) is 1.09. The summed E-state index contributed by atoms with van der Waals surface area (Å²) >= 11 is 0. The van der Waals surface area contributed by atoms with Gasteiger partial charge >= 0.3 is 0 Å². The van der Waals surface area contributed by atoms with Gasteiger partial charge in [-0.25, -0.2) is 13.1 Å². The van der Waals surface area contributed by atoms with E-state index in [4.69, 9.17) is 0 Å². The van der Waals surface area contributed by atoms with Crippen molar-refractivity contribution in [1.82, 2.24) is 15.1 Å². The van der Waals surface area contributed by atoms with Crippen molar-refractivity contribution >= 4 is 21.6 Å². The highest BCUT2D eigenvalue weighted by Gasteiger charge is 2.08. The minimum absolute atomic E-state index is 0.207. The number of amides is 1. The van der Waals surface area contributed by atoms with Crippen LogP contribution < -0.4 is 10.0 Å². The Labute approximate surface area is 164 Å². The van der Waals surface area contributed by atoms with Gasteiger partial charge in [0.15, 0.2) is 0 Å². The fraction of sp³-hybridized carbons (Fsp3) is 0.200. The van der Waals surface area contributed by atoms with Gasteiger partial charge in [0.1, 0.15) is 0 Å². The Morgan fingerprint density at radius 3 is 2.39 bits per heavy atom. The monoisotopic (exact) mass is 398 g/mol. The number of hydrogen-bond acceptors (Lipinski definition) is 4. The number of nitrogens with one attached hydrogen (secondary N) is 2. The van der Waals surface area contributed by atoms with Gasteiger partial charge in [0.25, 0.3) is 5.91 Å². The molecule has 0 saturated heterocycles. The van der Waals surface area contributed by atoms with E-state index in [2.05, 4.69) is 15.1 Å². The number of hydrogen-bond donors (Lipinski definition) is 2. The third-order valence-corrected chi connectivity index (χ3v) is 4.67. The van der Waals surface area contributed by atoms with Crippen molar-refractivity contribution < 1.29 is 13.2 Å². The zero-order valence-electron chi connectivity index (χ0n) is 15.9. The molecule has 1 amide bonds. The number of anilines is 1. The summed E-state index contributed by atoms with van der Waals surface area (Å²) in [5.74, 6) is -0.207. The Morgan fingerprint density at radius 1 is 1.07 bits per heavy atom. The summed E-state index contributed by atoms with van der Waals surface area (Å²) in [5, 5.41) is 7.27. The molecule has 0 spiro atoms. The quantitative estimate of drug-likeness (QED) is 0.668. The molecule has 0 aliphatic heterocycles. The minimum Gasteiger partial charge on any atom is -0.348 e. The van der Waals surface area contributed by atoms with Crippen LogP contribution in [0.15, 0.2) is 54.6 Å². The molecule has 0 bridgehead atoms. The second-order valence-corrected chi connectivity index (χ2v) is 8.39. The van der Waals surface area contributed by atoms with Crippen molar-refractivity contribution in [3.63, 3.8) is 0 Å². The molecule has 2 N–H and O–H groups in total. The molecule has 1 aromatic heterocycles. The molecular weight excluding hydrogens is 376 g/mol. The topological polar surface area (TPSA) is 93.1 Å². The molecule has 146 valence electrons. The van der Waals surface area contributed by atoms with Crippen LogP contribution in [0.3, 0.4) is 0 Å². The summed E-state index contributed by atoms with van der Waals surface area (Å²) in [4.78, 5) is 12.4. The van der Waals surface area contributed by atoms with Crippen LogP contribution in [-0.4, -0.2) is 30.4 Å². The van der Waals surface area contributed by atoms with E-state index in [0.717, 1.165) is 28.9 Å². The molecule has 0 fully saturated rings. The maximum absolute atomic E-state index is 12.4. The summed E-state index contributed by atoms with van der Waals surface area (Å²) < 4.78 is 26.9. The molecule has 0 aliphatic carbocycles. The Morgan fingerprint density at radius 2 is 1.79 bits per heavy atom. The lowest BCUT2D eigenvalue weighted by atomic mass is 10.1. The van der Waals surface area contributed by atoms with Gasteiger partial charge in [-0.1, -0.05) is 12.1 Å². The molecule has 0 unspecified atom stereocenters. The van der Waals surface area contributed by atoms with Crippen LogP contribution in [0.5, 0.6) is 0 Å². The van der Waals surface area contributed by atoms with Crippen LogP contribution in [0.4, 0.5) is 5.69 Å². The van der Waals surface area contributed by atoms with Crippen molar-refractivity contribution in [2.45, 2.75) is 20.4 Å². The lowest BCUT2D eigenvalue weighted by molar-refractivity contribution is 0.0951. The number of benzene rings is 2. The van der Waals surface area contributed by atoms with Crippen molar-refractivity contribution in [3.05, 3.63) is 77.1 Å². The molecule has 1 heterocycles. The lowest BCUT2D eigenvalue weighted by Crippen LogP contribution is -2.22. The molecule has 0 aliphatic rings. The number of carbonyl (C=O) groups excluding carboxylic acids is 1. The van der Waals surface area contributed by atoms with Gasteiger partial charge in [-0.05, 0) is 61.9 Å². The van der Waals surface area contributed by atoms with E-state index >= 15 is 0 Å². The van der Waals surface area contributed by atoms with Gasteiger partial charge in [-0.15, -0.1) is 0 Å². The first-order valence-corrected chi connectivity index (χ1v) is 10.6. The lowest BCUT2D eigenvalue weighted by Gasteiger charge is -2.09. The largest absolute Gasteiger partial charge is 0.348 e. The first kappa shape index (κ1) is 19.6. The van der Waals surface area contributed by atoms with Crippen LogP contribution in [0, 0.1) is 13.8 Å². The maximum Gasteiger partial charge on any atom is 0.251 e. The Hall–Kier alpha value is -3.13. The summed E-state index contributed by atoms with van der Waals surface area (Å²) in [6, 6.07) is 16.1. The molecule has 2 aromatic carbocycles. The molecule has 3 rings (SSSR count). The second-order valence-electron chi connectivity index (χ2n) is 6.64. The molecule has 3 aromatic rings. The van der Waals surface area contributed by atoms with E-state index in [-0.39, 0.29) is 12.5 Å². The normalized spacial score (nSPS) is 11.2. The summed E-state index contributed by atoms with van der Waals surface area (Å²) in [7, 11) is -3.34. The van der Waals surface area contributed by atoms with E-state index < -0.39 is 10.0 Å². The number of aryl methyl sites for hydroxylation is 2. The second kappa shape index (κ2) is 7.85. The van der Waals surface area contributed by atoms with Crippen molar-refractivity contribution in [3.8, 4) is 5.69 Å². The van der Waals surface area contributed by atoms with E-state index in [1.165, 1.54) is 0 Å². The molecule has 0 atom stereocenters. The predicted octanol–water partition coefficient (Wildman–Crippen LogP) is 2.79. The smallest absolute Gasteiger partial charge is 0.251 e. The predicted molar refractivity (Wildman–Crippen MR) is 109 cm³/mol. The van der Waals surface area contributed by atoms with Crippen molar-refractivity contribution in [2.75, 3.05) is 11.0 Å². The molecule has 0 radical (unpaired) electrons. The highest BCUT2D eigenvalue weighted by Crippen LogP contribution is 2.14. The van der Waals surface area contributed by atoms with Gasteiger partial charge in [0.05, 0.1) is 17.6 Å². The van der Waals surface area contributed by atoms with Crippen molar-refractivity contribution in [1.29, 1.82) is 0 Å². The summed E-state index contributed by atoms with van der Waals surface area (Å²) in [6.45, 7) is 4.20. The number of rotatable bonds is 6. The number of sulfonamides is 1. The fourth-order valence-electron chi connectivity index (χ4n) is 2.89. The fourth-order valence-corrected chi connectivity index (χ4v) is 3.44. The Balaban J connectivity index is 1.65. The molecule has 0 saturated carbocycles. The molecule has 28 heavy (non-hydrogen) atoms. The number of nitrogens with zero attached hydrogens (tertiary/aromatic N) is 2. The van der Waals surface area contributed by atoms with Gasteiger partial charge in [-0.2, -0.15) is 5.10 Å². The van der Waals surface area contributed by atoms with Crippen LogP contribution in [0.1, 0.15) is 27.3 Å². The van der Waals surface area contributed by atoms with E-state index in [1.807, 2.05) is 42.8 Å². The van der Waals surface area contributed by atoms with Gasteiger partial charge in [-0.3, -0.25) is 9.52 Å². The van der Waals surface area contributed by atoms with E-state index in [0.29, 0.717) is 11.3 Å². The van der Waals surface area contributed by atoms with Gasteiger partial charge in [0.2, 0.25) is 10.0 Å². The highest BCUT2D eigenvalue weighted by atomic mass is 32.2. The number of carbonyl (C=O) groups is 1. The average molecular weight is 398 g/mol. The third-order valence-electron chi connectivity index (χ3n) is 4.07. The van der Waals surface area contributed by atoms with Gasteiger partial charge in [0, 0.05) is 23.5 Å². The minimum atomic E-state index is -3.34. The Kier molecular flexibility index (Phi) is 5.51. The third kappa shape index (κ3) is 4.98. The first-order chi connectivity index (χ1) is 13.2. The standard InChI is InChI=1S/C20H22N4O3S/c1-14-11-15(2)24(22-14)19-9-7-17(8-10-19)20(25)21-13-16-5-4-6-18(12-16)23-28(3,26)27/h4-12,23H,13H2,1-3H3,(H,21,25). The zero-order valence-corrected chi connectivity index (χ0v) is 16.7. The van der Waals surface area contributed by atoms with Crippen LogP contribution in [0.25, 0.3) is 5.69 Å². The SMILES string of the molecule is Cc1cc(C)n(-c2ccc(C(=O)NCc3cccc(NS(C)(=O)=O)c3)cc2)n1. The Bertz CT molecular complexity index is 1100. The number of aromatic nitrogens is 2. The molecule has 7 nitrogen and oxygen atoms in total. The first-order valence-electron chi connectivity index (χ1n) is 8.70. The summed E-state index contributed by atoms with van der Waals surface area (Å²) in [5.41, 5.74) is 4.64.